The highest BCUT2D eigenvalue weighted by molar-refractivity contribution is 5.92. The lowest BCUT2D eigenvalue weighted by Gasteiger charge is -2.32. The van der Waals surface area contributed by atoms with E-state index in [2.05, 4.69) is 15.5 Å². The number of aromatic amines is 1. The molecule has 0 bridgehead atoms. The van der Waals surface area contributed by atoms with Gasteiger partial charge >= 0.3 is 5.97 Å². The van der Waals surface area contributed by atoms with Crippen molar-refractivity contribution in [2.75, 3.05) is 19.8 Å². The number of carboxylic acid groups (broad SMARTS) is 1. The van der Waals surface area contributed by atoms with Gasteiger partial charge in [-0.05, 0) is 31.7 Å². The van der Waals surface area contributed by atoms with E-state index in [1.54, 1.807) is 6.07 Å². The van der Waals surface area contributed by atoms with E-state index < -0.39 is 11.4 Å². The molecule has 0 spiro atoms. The molecule has 1 aliphatic carbocycles. The van der Waals surface area contributed by atoms with Gasteiger partial charge in [0.1, 0.15) is 5.69 Å². The average Bonchev–Trinajstić information content (AvgIpc) is 3.23. The van der Waals surface area contributed by atoms with Crippen molar-refractivity contribution in [2.24, 2.45) is 5.41 Å². The Morgan fingerprint density at radius 3 is 2.76 bits per heavy atom. The number of nitrogens with one attached hydrogen (secondary N) is 2. The number of nitrogens with zero attached hydrogens (tertiary/aromatic N) is 1. The van der Waals surface area contributed by atoms with Crippen LogP contribution in [0.4, 0.5) is 0 Å². The Kier molecular flexibility index (Phi) is 3.67. The van der Waals surface area contributed by atoms with Crippen molar-refractivity contribution in [2.45, 2.75) is 31.6 Å². The maximum atomic E-state index is 12.1. The Morgan fingerprint density at radius 1 is 1.43 bits per heavy atom. The van der Waals surface area contributed by atoms with E-state index in [9.17, 15) is 14.7 Å². The molecule has 0 aromatic carbocycles. The molecule has 21 heavy (non-hydrogen) atoms. The number of carbonyl (C=O) groups excluding carboxylic acids is 1. The predicted octanol–water partition coefficient (Wildman–Crippen LogP) is 0.898. The zero-order valence-electron chi connectivity index (χ0n) is 11.7. The van der Waals surface area contributed by atoms with E-state index in [-0.39, 0.29) is 12.5 Å². The van der Waals surface area contributed by atoms with Gasteiger partial charge in [0.2, 0.25) is 0 Å². The van der Waals surface area contributed by atoms with Crippen LogP contribution in [0, 0.1) is 5.41 Å². The standard InChI is InChI=1S/C14H19N3O4/c18-12(11-7-10(16-17-11)9-1-2-9)15-8-14(13(19)20)3-5-21-6-4-14/h7,9H,1-6,8H2,(H,15,18)(H,16,17)(H,19,20). The third kappa shape index (κ3) is 2.92. The summed E-state index contributed by atoms with van der Waals surface area (Å²) < 4.78 is 5.21. The van der Waals surface area contributed by atoms with Crippen molar-refractivity contribution in [3.8, 4) is 0 Å². The SMILES string of the molecule is O=C(NCC1(C(=O)O)CCOCC1)c1cc(C2CC2)[nH]n1. The Hall–Kier alpha value is -1.89. The maximum Gasteiger partial charge on any atom is 0.311 e. The molecule has 7 nitrogen and oxygen atoms in total. The summed E-state index contributed by atoms with van der Waals surface area (Å²) in [6, 6.07) is 1.75. The number of aromatic nitrogens is 2. The van der Waals surface area contributed by atoms with Crippen LogP contribution in [0.1, 0.15) is 47.8 Å². The minimum atomic E-state index is -0.927. The van der Waals surface area contributed by atoms with Crippen LogP contribution in [0.25, 0.3) is 0 Å². The highest BCUT2D eigenvalue weighted by Gasteiger charge is 2.40. The third-order valence-corrected chi connectivity index (χ3v) is 4.34. The highest BCUT2D eigenvalue weighted by Crippen LogP contribution is 2.39. The van der Waals surface area contributed by atoms with Crippen molar-refractivity contribution < 1.29 is 19.4 Å². The van der Waals surface area contributed by atoms with E-state index >= 15 is 0 Å². The molecule has 2 aliphatic rings. The lowest BCUT2D eigenvalue weighted by Crippen LogP contribution is -2.46. The number of ether oxygens (including phenoxy) is 1. The second-order valence-electron chi connectivity index (χ2n) is 5.86. The fraction of sp³-hybridized carbons (Fsp3) is 0.643. The molecule has 1 aromatic rings. The molecule has 114 valence electrons. The summed E-state index contributed by atoms with van der Waals surface area (Å²) >= 11 is 0. The Bertz CT molecular complexity index is 544. The van der Waals surface area contributed by atoms with Crippen LogP contribution in [0.2, 0.25) is 0 Å². The molecule has 1 amide bonds. The minimum Gasteiger partial charge on any atom is -0.481 e. The molecule has 1 saturated carbocycles. The molecular formula is C14H19N3O4. The van der Waals surface area contributed by atoms with Crippen LogP contribution in [0.3, 0.4) is 0 Å². The van der Waals surface area contributed by atoms with Crippen LogP contribution in [-0.2, 0) is 9.53 Å². The van der Waals surface area contributed by atoms with Crippen molar-refractivity contribution in [1.29, 1.82) is 0 Å². The van der Waals surface area contributed by atoms with Crippen LogP contribution in [0.5, 0.6) is 0 Å². The number of carboxylic acids is 1. The van der Waals surface area contributed by atoms with Crippen molar-refractivity contribution in [3.63, 3.8) is 0 Å². The topological polar surface area (TPSA) is 104 Å². The van der Waals surface area contributed by atoms with Gasteiger partial charge in [-0.2, -0.15) is 5.10 Å². The second-order valence-corrected chi connectivity index (χ2v) is 5.86. The molecule has 0 atom stereocenters. The summed E-state index contributed by atoms with van der Waals surface area (Å²) in [6.07, 6.45) is 3.09. The van der Waals surface area contributed by atoms with Crippen molar-refractivity contribution in [1.82, 2.24) is 15.5 Å². The number of carbonyl (C=O) groups is 2. The Balaban J connectivity index is 1.61. The largest absolute Gasteiger partial charge is 0.481 e. The summed E-state index contributed by atoms with van der Waals surface area (Å²) in [6.45, 7) is 0.933. The number of hydrogen-bond donors (Lipinski definition) is 3. The smallest absolute Gasteiger partial charge is 0.311 e. The first-order valence-electron chi connectivity index (χ1n) is 7.25. The summed E-state index contributed by atoms with van der Waals surface area (Å²) in [5.41, 5.74) is 0.382. The second kappa shape index (κ2) is 5.48. The van der Waals surface area contributed by atoms with E-state index in [0.29, 0.717) is 37.7 Å². The summed E-state index contributed by atoms with van der Waals surface area (Å²) in [7, 11) is 0. The lowest BCUT2D eigenvalue weighted by molar-refractivity contribution is -0.154. The summed E-state index contributed by atoms with van der Waals surface area (Å²) in [5, 5.41) is 19.0. The van der Waals surface area contributed by atoms with Crippen molar-refractivity contribution in [3.05, 3.63) is 17.5 Å². The molecule has 1 saturated heterocycles. The van der Waals surface area contributed by atoms with Crippen LogP contribution >= 0.6 is 0 Å². The van der Waals surface area contributed by atoms with Crippen molar-refractivity contribution >= 4 is 11.9 Å². The Labute approximate surface area is 122 Å². The molecule has 2 heterocycles. The van der Waals surface area contributed by atoms with Gasteiger partial charge in [0.05, 0.1) is 5.41 Å². The van der Waals surface area contributed by atoms with Gasteiger partial charge < -0.3 is 15.2 Å². The minimum absolute atomic E-state index is 0.107. The molecule has 0 unspecified atom stereocenters. The van der Waals surface area contributed by atoms with E-state index in [4.69, 9.17) is 4.74 Å². The van der Waals surface area contributed by atoms with Gasteiger partial charge in [-0.15, -0.1) is 0 Å². The first-order valence-corrected chi connectivity index (χ1v) is 7.25. The molecular weight excluding hydrogens is 274 g/mol. The van der Waals surface area contributed by atoms with E-state index in [1.165, 1.54) is 0 Å². The monoisotopic (exact) mass is 293 g/mol. The molecule has 2 fully saturated rings. The third-order valence-electron chi connectivity index (χ3n) is 4.34. The average molecular weight is 293 g/mol. The van der Waals surface area contributed by atoms with Gasteiger partial charge in [-0.25, -0.2) is 0 Å². The van der Waals surface area contributed by atoms with E-state index in [1.807, 2.05) is 0 Å². The maximum absolute atomic E-state index is 12.1. The predicted molar refractivity (Wildman–Crippen MR) is 73.0 cm³/mol. The number of amides is 1. The lowest BCUT2D eigenvalue weighted by atomic mass is 9.80. The number of hydrogen-bond acceptors (Lipinski definition) is 4. The quantitative estimate of drug-likeness (QED) is 0.748. The van der Waals surface area contributed by atoms with E-state index in [0.717, 1.165) is 18.5 Å². The fourth-order valence-electron chi connectivity index (χ4n) is 2.62. The molecule has 0 radical (unpaired) electrons. The van der Waals surface area contributed by atoms with Gasteiger partial charge in [-0.1, -0.05) is 0 Å². The number of H-pyrrole nitrogens is 1. The molecule has 3 rings (SSSR count). The summed E-state index contributed by atoms with van der Waals surface area (Å²) in [5.74, 6) is -0.711. The number of aliphatic carboxylic acids is 1. The molecule has 1 aromatic heterocycles. The van der Waals surface area contributed by atoms with Gasteiger partial charge in [0, 0.05) is 31.4 Å². The van der Waals surface area contributed by atoms with Crippen LogP contribution in [-0.4, -0.2) is 46.9 Å². The normalized spacial score (nSPS) is 21.0. The van der Waals surface area contributed by atoms with Crippen LogP contribution < -0.4 is 5.32 Å². The Morgan fingerprint density at radius 2 is 2.14 bits per heavy atom. The molecule has 3 N–H and O–H groups in total. The van der Waals surface area contributed by atoms with Gasteiger partial charge in [-0.3, -0.25) is 14.7 Å². The first-order chi connectivity index (χ1) is 10.1. The first kappa shape index (κ1) is 14.1. The van der Waals surface area contributed by atoms with Gasteiger partial charge in [0.25, 0.3) is 5.91 Å². The highest BCUT2D eigenvalue weighted by atomic mass is 16.5. The molecule has 1 aliphatic heterocycles. The molecule has 7 heteroatoms. The zero-order chi connectivity index (χ0) is 14.9. The van der Waals surface area contributed by atoms with Crippen LogP contribution in [0.15, 0.2) is 6.07 Å². The van der Waals surface area contributed by atoms with Gasteiger partial charge in [0.15, 0.2) is 0 Å². The zero-order valence-corrected chi connectivity index (χ0v) is 11.7. The summed E-state index contributed by atoms with van der Waals surface area (Å²) in [4.78, 5) is 23.6. The number of rotatable bonds is 5. The fourth-order valence-corrected chi connectivity index (χ4v) is 2.62.